The van der Waals surface area contributed by atoms with E-state index in [9.17, 15) is 0 Å². The lowest BCUT2D eigenvalue weighted by atomic mass is 10.1. The standard InChI is InChI=1S/C28H31N5O/c1-2-23-11-13-24(14-12-23)19-33-22-29-31-28(33)21-32(17-7-3-4-8-18-34)20-26-16-15-25-9-5-6-10-27(25)30-26/h1,5-6,9-16,22,34H,3-4,7-8,17-21H2. The minimum absolute atomic E-state index is 0.260. The average molecular weight is 454 g/mol. The molecule has 0 bridgehead atoms. The van der Waals surface area contributed by atoms with Gasteiger partial charge in [0.15, 0.2) is 0 Å². The number of benzene rings is 2. The smallest absolute Gasteiger partial charge is 0.147 e. The first-order chi connectivity index (χ1) is 16.7. The van der Waals surface area contributed by atoms with E-state index in [1.807, 2.05) is 24.3 Å². The molecule has 0 unspecified atom stereocenters. The van der Waals surface area contributed by atoms with Gasteiger partial charge in [-0.1, -0.05) is 55.2 Å². The molecular weight excluding hydrogens is 422 g/mol. The maximum atomic E-state index is 9.06. The number of nitrogens with zero attached hydrogens (tertiary/aromatic N) is 5. The largest absolute Gasteiger partial charge is 0.396 e. The molecule has 0 saturated heterocycles. The first kappa shape index (κ1) is 23.6. The van der Waals surface area contributed by atoms with Gasteiger partial charge in [0, 0.05) is 24.1 Å². The van der Waals surface area contributed by atoms with Crippen LogP contribution in [0.5, 0.6) is 0 Å². The Morgan fingerprint density at radius 3 is 2.56 bits per heavy atom. The van der Waals surface area contributed by atoms with Crippen molar-refractivity contribution in [1.29, 1.82) is 0 Å². The fraction of sp³-hybridized carbons (Fsp3) is 0.321. The molecule has 6 nitrogen and oxygen atoms in total. The zero-order valence-electron chi connectivity index (χ0n) is 19.5. The van der Waals surface area contributed by atoms with Crippen LogP contribution in [-0.4, -0.2) is 42.9 Å². The summed E-state index contributed by atoms with van der Waals surface area (Å²) in [5.41, 5.74) is 4.10. The van der Waals surface area contributed by atoms with E-state index in [1.54, 1.807) is 6.33 Å². The lowest BCUT2D eigenvalue weighted by Crippen LogP contribution is -2.26. The number of rotatable bonds is 12. The minimum atomic E-state index is 0.260. The van der Waals surface area contributed by atoms with Gasteiger partial charge in [-0.25, -0.2) is 0 Å². The van der Waals surface area contributed by atoms with Gasteiger partial charge >= 0.3 is 0 Å². The maximum Gasteiger partial charge on any atom is 0.147 e. The van der Waals surface area contributed by atoms with Crippen LogP contribution in [0.3, 0.4) is 0 Å². The zero-order chi connectivity index (χ0) is 23.6. The Balaban J connectivity index is 1.47. The van der Waals surface area contributed by atoms with Crippen molar-refractivity contribution >= 4 is 10.9 Å². The van der Waals surface area contributed by atoms with Crippen molar-refractivity contribution in [1.82, 2.24) is 24.6 Å². The highest BCUT2D eigenvalue weighted by molar-refractivity contribution is 5.78. The van der Waals surface area contributed by atoms with Gasteiger partial charge in [-0.2, -0.15) is 0 Å². The number of aliphatic hydroxyl groups is 1. The van der Waals surface area contributed by atoms with E-state index >= 15 is 0 Å². The van der Waals surface area contributed by atoms with Gasteiger partial charge in [-0.15, -0.1) is 16.6 Å². The van der Waals surface area contributed by atoms with Gasteiger partial charge in [0.2, 0.25) is 0 Å². The van der Waals surface area contributed by atoms with Gasteiger partial charge in [-0.05, 0) is 49.2 Å². The Labute approximate surface area is 201 Å². The number of hydrogen-bond acceptors (Lipinski definition) is 5. The molecule has 174 valence electrons. The minimum Gasteiger partial charge on any atom is -0.396 e. The third kappa shape index (κ3) is 6.50. The average Bonchev–Trinajstić information content (AvgIpc) is 3.30. The number of aliphatic hydroxyl groups excluding tert-OH is 1. The molecular formula is C28H31N5O. The highest BCUT2D eigenvalue weighted by atomic mass is 16.2. The van der Waals surface area contributed by atoms with Gasteiger partial charge in [0.1, 0.15) is 12.2 Å². The summed E-state index contributed by atoms with van der Waals surface area (Å²) in [6.45, 7) is 3.33. The second kappa shape index (κ2) is 12.1. The van der Waals surface area contributed by atoms with Crippen LogP contribution in [0.15, 0.2) is 67.0 Å². The van der Waals surface area contributed by atoms with Crippen molar-refractivity contribution in [2.75, 3.05) is 13.2 Å². The van der Waals surface area contributed by atoms with Crippen LogP contribution in [0.2, 0.25) is 0 Å². The van der Waals surface area contributed by atoms with Crippen LogP contribution >= 0.6 is 0 Å². The maximum absolute atomic E-state index is 9.06. The summed E-state index contributed by atoms with van der Waals surface area (Å²) >= 11 is 0. The van der Waals surface area contributed by atoms with E-state index in [4.69, 9.17) is 16.5 Å². The Morgan fingerprint density at radius 2 is 1.74 bits per heavy atom. The molecule has 2 aromatic carbocycles. The molecule has 0 amide bonds. The molecule has 0 atom stereocenters. The van der Waals surface area contributed by atoms with Crippen molar-refractivity contribution in [2.24, 2.45) is 0 Å². The molecule has 1 N–H and O–H groups in total. The third-order valence-electron chi connectivity index (χ3n) is 5.96. The Bertz CT molecular complexity index is 1230. The van der Waals surface area contributed by atoms with Crippen LogP contribution in [0, 0.1) is 12.3 Å². The molecule has 34 heavy (non-hydrogen) atoms. The molecule has 0 saturated carbocycles. The summed E-state index contributed by atoms with van der Waals surface area (Å²) in [4.78, 5) is 7.26. The SMILES string of the molecule is C#Cc1ccc(Cn2cnnc2CN(CCCCCCO)Cc2ccc3ccccc3n2)cc1. The number of aromatic nitrogens is 4. The van der Waals surface area contributed by atoms with E-state index in [2.05, 4.69) is 62.0 Å². The number of fused-ring (bicyclic) bond motifs is 1. The van der Waals surface area contributed by atoms with E-state index in [1.165, 1.54) is 0 Å². The normalized spacial score (nSPS) is 11.2. The quantitative estimate of drug-likeness (QED) is 0.254. The monoisotopic (exact) mass is 453 g/mol. The highest BCUT2D eigenvalue weighted by Crippen LogP contribution is 2.16. The van der Waals surface area contributed by atoms with E-state index in [-0.39, 0.29) is 6.61 Å². The second-order valence-corrected chi connectivity index (χ2v) is 8.56. The van der Waals surface area contributed by atoms with Gasteiger partial charge in [-0.3, -0.25) is 9.88 Å². The van der Waals surface area contributed by atoms with E-state index in [0.717, 1.165) is 72.3 Å². The summed E-state index contributed by atoms with van der Waals surface area (Å²) in [6, 6.07) is 20.5. The lowest BCUT2D eigenvalue weighted by molar-refractivity contribution is 0.235. The fourth-order valence-corrected chi connectivity index (χ4v) is 4.08. The van der Waals surface area contributed by atoms with Crippen LogP contribution in [-0.2, 0) is 19.6 Å². The lowest BCUT2D eigenvalue weighted by Gasteiger charge is -2.22. The Morgan fingerprint density at radius 1 is 0.912 bits per heavy atom. The van der Waals surface area contributed by atoms with Gasteiger partial charge in [0.25, 0.3) is 0 Å². The predicted molar refractivity (Wildman–Crippen MR) is 135 cm³/mol. The number of para-hydroxylation sites is 1. The first-order valence-electron chi connectivity index (χ1n) is 11.9. The van der Waals surface area contributed by atoms with Crippen molar-refractivity contribution in [2.45, 2.75) is 45.3 Å². The topological polar surface area (TPSA) is 67.1 Å². The molecule has 0 fully saturated rings. The fourth-order valence-electron chi connectivity index (χ4n) is 4.08. The van der Waals surface area contributed by atoms with E-state index < -0.39 is 0 Å². The van der Waals surface area contributed by atoms with E-state index in [0.29, 0.717) is 13.1 Å². The molecule has 2 aromatic heterocycles. The first-order valence-corrected chi connectivity index (χ1v) is 11.9. The van der Waals surface area contributed by atoms with Gasteiger partial charge in [0.05, 0.1) is 24.3 Å². The van der Waals surface area contributed by atoms with Crippen LogP contribution in [0.4, 0.5) is 0 Å². The van der Waals surface area contributed by atoms with Crippen LogP contribution in [0.25, 0.3) is 10.9 Å². The number of terminal acetylenes is 1. The molecule has 4 rings (SSSR count). The molecule has 0 spiro atoms. The summed E-state index contributed by atoms with van der Waals surface area (Å²) in [5.74, 6) is 3.59. The summed E-state index contributed by atoms with van der Waals surface area (Å²) in [7, 11) is 0. The molecule has 2 heterocycles. The van der Waals surface area contributed by atoms with Gasteiger partial charge < -0.3 is 9.67 Å². The third-order valence-corrected chi connectivity index (χ3v) is 5.96. The predicted octanol–water partition coefficient (Wildman–Crippen LogP) is 4.41. The summed E-state index contributed by atoms with van der Waals surface area (Å²) < 4.78 is 2.09. The van der Waals surface area contributed by atoms with Crippen molar-refractivity contribution in [3.63, 3.8) is 0 Å². The Hall–Kier alpha value is -3.53. The van der Waals surface area contributed by atoms with Crippen molar-refractivity contribution in [3.05, 3.63) is 89.6 Å². The van der Waals surface area contributed by atoms with Crippen molar-refractivity contribution < 1.29 is 5.11 Å². The Kier molecular flexibility index (Phi) is 8.39. The number of hydrogen-bond donors (Lipinski definition) is 1. The van der Waals surface area contributed by atoms with Crippen molar-refractivity contribution in [3.8, 4) is 12.3 Å². The molecule has 4 aromatic rings. The number of pyridine rings is 1. The molecule has 0 radical (unpaired) electrons. The summed E-state index contributed by atoms with van der Waals surface area (Å²) in [6.07, 6.45) is 11.3. The second-order valence-electron chi connectivity index (χ2n) is 8.56. The van der Waals surface area contributed by atoms with Crippen LogP contribution in [0.1, 0.15) is 48.3 Å². The number of unbranched alkanes of at least 4 members (excludes halogenated alkanes) is 3. The molecule has 6 heteroatoms. The van der Waals surface area contributed by atoms with Crippen LogP contribution < -0.4 is 0 Å². The molecule has 0 aliphatic rings. The molecule has 0 aliphatic carbocycles. The summed E-state index contributed by atoms with van der Waals surface area (Å²) in [5, 5.41) is 18.8. The highest BCUT2D eigenvalue weighted by Gasteiger charge is 2.13. The zero-order valence-corrected chi connectivity index (χ0v) is 19.5. The molecule has 0 aliphatic heterocycles.